The van der Waals surface area contributed by atoms with Gasteiger partial charge in [-0.3, -0.25) is 4.79 Å². The minimum absolute atomic E-state index is 0.00125. The molecule has 0 aliphatic carbocycles. The molecule has 0 spiro atoms. The Hall–Kier alpha value is -3.25. The van der Waals surface area contributed by atoms with Gasteiger partial charge in [-0.2, -0.15) is 0 Å². The van der Waals surface area contributed by atoms with E-state index in [-0.39, 0.29) is 11.8 Å². The third-order valence-corrected chi connectivity index (χ3v) is 8.90. The number of pyridine rings is 1. The first-order valence-electron chi connectivity index (χ1n) is 15.1. The number of aromatic nitrogens is 1. The summed E-state index contributed by atoms with van der Waals surface area (Å²) >= 11 is 6.92. The predicted octanol–water partition coefficient (Wildman–Crippen LogP) is 7.58. The number of halogens is 1. The van der Waals surface area contributed by atoms with Crippen molar-refractivity contribution in [3.8, 4) is 11.3 Å². The van der Waals surface area contributed by atoms with Crippen LogP contribution in [0.15, 0.2) is 72.8 Å². The van der Waals surface area contributed by atoms with Crippen LogP contribution in [0, 0.1) is 12.8 Å². The van der Waals surface area contributed by atoms with Crippen LogP contribution in [-0.2, 0) is 18.6 Å². The first kappa shape index (κ1) is 30.2. The van der Waals surface area contributed by atoms with Gasteiger partial charge in [-0.1, -0.05) is 86.8 Å². The minimum atomic E-state index is -1.23. The van der Waals surface area contributed by atoms with Crippen molar-refractivity contribution in [3.05, 3.63) is 107 Å². The van der Waals surface area contributed by atoms with Gasteiger partial charge in [0.25, 0.3) is 5.91 Å². The lowest BCUT2D eigenvalue weighted by molar-refractivity contribution is -0.0546. The Kier molecular flexibility index (Phi) is 9.62. The van der Waals surface area contributed by atoms with Crippen molar-refractivity contribution in [2.75, 3.05) is 20.1 Å². The van der Waals surface area contributed by atoms with Crippen LogP contribution in [0.25, 0.3) is 22.2 Å². The highest BCUT2D eigenvalue weighted by molar-refractivity contribution is 6.33. The molecule has 0 bridgehead atoms. The van der Waals surface area contributed by atoms with E-state index in [1.54, 1.807) is 0 Å². The third-order valence-electron chi connectivity index (χ3n) is 8.58. The number of fused-ring (bicyclic) bond motifs is 1. The molecule has 2 atom stereocenters. The lowest BCUT2D eigenvalue weighted by atomic mass is 9.72. The van der Waals surface area contributed by atoms with Crippen molar-refractivity contribution >= 4 is 28.4 Å². The minimum Gasteiger partial charge on any atom is -0.385 e. The second-order valence-corrected chi connectivity index (χ2v) is 11.9. The molecule has 2 unspecified atom stereocenters. The number of carbonyl (C=O) groups is 1. The summed E-state index contributed by atoms with van der Waals surface area (Å²) < 4.78 is 0. The highest BCUT2D eigenvalue weighted by Crippen LogP contribution is 2.45. The number of carbonyl (C=O) groups excluding carboxylic acids is 1. The van der Waals surface area contributed by atoms with Gasteiger partial charge in [0.2, 0.25) is 0 Å². The van der Waals surface area contributed by atoms with E-state index in [0.717, 1.165) is 65.5 Å². The predicted molar refractivity (Wildman–Crippen MR) is 173 cm³/mol. The van der Waals surface area contributed by atoms with E-state index in [1.807, 2.05) is 60.5 Å². The molecule has 0 saturated carbocycles. The summed E-state index contributed by atoms with van der Waals surface area (Å²) in [5, 5.41) is 17.4. The van der Waals surface area contributed by atoms with Gasteiger partial charge in [0, 0.05) is 42.1 Å². The van der Waals surface area contributed by atoms with Crippen LogP contribution in [0.4, 0.5) is 0 Å². The number of nitrogens with one attached hydrogen (secondary N) is 1. The molecular formula is C36H41ClN3O2. The molecule has 1 aliphatic heterocycles. The molecule has 2 heterocycles. The van der Waals surface area contributed by atoms with Gasteiger partial charge >= 0.3 is 0 Å². The first-order chi connectivity index (χ1) is 20.4. The molecule has 1 fully saturated rings. The number of aryl methyl sites for hydroxylation is 1. The van der Waals surface area contributed by atoms with Gasteiger partial charge in [-0.05, 0) is 73.7 Å². The maximum atomic E-state index is 13.6. The zero-order valence-electron chi connectivity index (χ0n) is 24.7. The van der Waals surface area contributed by atoms with Crippen molar-refractivity contribution in [1.29, 1.82) is 0 Å². The molecule has 42 heavy (non-hydrogen) atoms. The molecule has 5 rings (SSSR count). The van der Waals surface area contributed by atoms with Crippen molar-refractivity contribution in [2.24, 2.45) is 5.92 Å². The summed E-state index contributed by atoms with van der Waals surface area (Å²) in [6, 6.07) is 23.9. The summed E-state index contributed by atoms with van der Waals surface area (Å²) in [7, 11) is 1.91. The Morgan fingerprint density at radius 3 is 2.64 bits per heavy atom. The fourth-order valence-electron chi connectivity index (χ4n) is 6.50. The smallest absolute Gasteiger partial charge is 0.253 e. The fraction of sp³-hybridized carbons (Fsp3) is 0.361. The number of amides is 1. The second-order valence-electron chi connectivity index (χ2n) is 11.4. The maximum absolute atomic E-state index is 13.6. The molecule has 4 aromatic rings. The number of para-hydroxylation sites is 1. The molecule has 219 valence electrons. The van der Waals surface area contributed by atoms with E-state index in [0.29, 0.717) is 36.5 Å². The summed E-state index contributed by atoms with van der Waals surface area (Å²) in [6.07, 6.45) is 4.60. The molecule has 1 amide bonds. The first-order valence-corrected chi connectivity index (χ1v) is 15.5. The zero-order chi connectivity index (χ0) is 29.7. The molecule has 2 N–H and O–H groups in total. The van der Waals surface area contributed by atoms with Gasteiger partial charge in [-0.25, -0.2) is 4.98 Å². The molecule has 1 saturated heterocycles. The van der Waals surface area contributed by atoms with Crippen molar-refractivity contribution in [1.82, 2.24) is 15.2 Å². The Labute approximate surface area is 254 Å². The average Bonchev–Trinajstić information content (AvgIpc) is 3.01. The summed E-state index contributed by atoms with van der Waals surface area (Å²) in [4.78, 5) is 20.6. The second kappa shape index (κ2) is 13.4. The highest BCUT2D eigenvalue weighted by Gasteiger charge is 2.43. The van der Waals surface area contributed by atoms with Crippen LogP contribution in [-0.4, -0.2) is 41.0 Å². The largest absolute Gasteiger partial charge is 0.385 e. The number of piperidine rings is 1. The standard InChI is InChI=1S/C36H41ClN3O2/c1-4-9-26-10-6-11-27-19-20-32(39-34(26)27)33-30(13-7-14-31(33)37)36(42,21-5-2)29-12-8-22-40(24-29)35(41)28-17-15-25(16-18-28)23-38-3/h6-7,10-11,13-20,29,38,42H,2,4-5,8-9,12,21-24H2,1,3H3. The van der Waals surface area contributed by atoms with Gasteiger partial charge in [0.15, 0.2) is 0 Å². The summed E-state index contributed by atoms with van der Waals surface area (Å²) in [5.41, 5.74) is 5.02. The summed E-state index contributed by atoms with van der Waals surface area (Å²) in [6.45, 7) is 8.18. The van der Waals surface area contributed by atoms with Crippen LogP contribution in [0.3, 0.4) is 0 Å². The van der Waals surface area contributed by atoms with Crippen LogP contribution in [0.1, 0.15) is 66.1 Å². The Balaban J connectivity index is 1.52. The monoisotopic (exact) mass is 582 g/mol. The zero-order valence-corrected chi connectivity index (χ0v) is 25.5. The lowest BCUT2D eigenvalue weighted by Gasteiger charge is -2.43. The SMILES string of the molecule is [CH2]CCC(O)(c1cccc(Cl)c1-c1ccc2cccc(CCC)c2n1)C1CCCN(C(=O)c2ccc(CNC)cc2)C1. The number of aliphatic hydroxyl groups is 1. The van der Waals surface area contributed by atoms with Crippen LogP contribution < -0.4 is 5.32 Å². The van der Waals surface area contributed by atoms with Crippen molar-refractivity contribution in [3.63, 3.8) is 0 Å². The normalized spacial score (nSPS) is 16.9. The number of hydrogen-bond acceptors (Lipinski definition) is 4. The number of hydrogen-bond donors (Lipinski definition) is 2. The van der Waals surface area contributed by atoms with Crippen LogP contribution >= 0.6 is 11.6 Å². The Bertz CT molecular complexity index is 1540. The number of nitrogens with zero attached hydrogens (tertiary/aromatic N) is 2. The lowest BCUT2D eigenvalue weighted by Crippen LogP contribution is -2.48. The van der Waals surface area contributed by atoms with Crippen molar-refractivity contribution < 1.29 is 9.90 Å². The van der Waals surface area contributed by atoms with E-state index < -0.39 is 5.60 Å². The van der Waals surface area contributed by atoms with Gasteiger partial charge < -0.3 is 15.3 Å². The van der Waals surface area contributed by atoms with Gasteiger partial charge in [0.1, 0.15) is 0 Å². The van der Waals surface area contributed by atoms with E-state index in [2.05, 4.69) is 43.4 Å². The number of benzene rings is 3. The van der Waals surface area contributed by atoms with Gasteiger partial charge in [-0.15, -0.1) is 0 Å². The molecule has 1 aliphatic rings. The third kappa shape index (κ3) is 6.10. The van der Waals surface area contributed by atoms with E-state index >= 15 is 0 Å². The Morgan fingerprint density at radius 2 is 1.90 bits per heavy atom. The topological polar surface area (TPSA) is 65.5 Å². The molecule has 3 aromatic carbocycles. The molecule has 1 aromatic heterocycles. The number of likely N-dealkylation sites (tertiary alicyclic amines) is 1. The average molecular weight is 583 g/mol. The molecular weight excluding hydrogens is 542 g/mol. The fourth-order valence-corrected chi connectivity index (χ4v) is 6.77. The summed E-state index contributed by atoms with van der Waals surface area (Å²) in [5.74, 6) is -0.174. The maximum Gasteiger partial charge on any atom is 0.253 e. The molecule has 5 nitrogen and oxygen atoms in total. The Morgan fingerprint density at radius 1 is 1.12 bits per heavy atom. The van der Waals surface area contributed by atoms with Crippen LogP contribution in [0.2, 0.25) is 5.02 Å². The van der Waals surface area contributed by atoms with E-state index in [4.69, 9.17) is 16.6 Å². The molecule has 6 heteroatoms. The molecule has 1 radical (unpaired) electrons. The number of rotatable bonds is 10. The van der Waals surface area contributed by atoms with Crippen molar-refractivity contribution in [2.45, 2.75) is 57.6 Å². The highest BCUT2D eigenvalue weighted by atomic mass is 35.5. The van der Waals surface area contributed by atoms with Gasteiger partial charge in [0.05, 0.1) is 21.8 Å². The van der Waals surface area contributed by atoms with Crippen LogP contribution in [0.5, 0.6) is 0 Å². The quantitative estimate of drug-likeness (QED) is 0.202. The van der Waals surface area contributed by atoms with E-state index in [1.165, 1.54) is 5.56 Å². The van der Waals surface area contributed by atoms with E-state index in [9.17, 15) is 9.90 Å².